The maximum absolute atomic E-state index is 12.1. The zero-order valence-electron chi connectivity index (χ0n) is 14.8. The van der Waals surface area contributed by atoms with Gasteiger partial charge >= 0.3 is 0 Å². The molecule has 0 atom stereocenters. The summed E-state index contributed by atoms with van der Waals surface area (Å²) in [5, 5.41) is 0.933. The number of halogens is 2. The molecule has 2 N–H and O–H groups in total. The van der Waals surface area contributed by atoms with Crippen LogP contribution in [0, 0.1) is 0 Å². The zero-order valence-corrected chi connectivity index (χ0v) is 16.3. The number of ether oxygens (including phenoxy) is 2. The third-order valence-corrected chi connectivity index (χ3v) is 3.95. The summed E-state index contributed by atoms with van der Waals surface area (Å²) in [6.07, 6.45) is 0.644. The Morgan fingerprint density at radius 3 is 2.59 bits per heavy atom. The molecule has 27 heavy (non-hydrogen) atoms. The molecule has 8 heteroatoms. The molecular weight excluding hydrogens is 391 g/mol. The average molecular weight is 411 g/mol. The summed E-state index contributed by atoms with van der Waals surface area (Å²) in [5.41, 5.74) is 5.13. The van der Waals surface area contributed by atoms with Crippen LogP contribution >= 0.6 is 23.2 Å². The fraction of sp³-hybridized carbons (Fsp3) is 0.263. The highest BCUT2D eigenvalue weighted by Crippen LogP contribution is 2.27. The molecule has 0 bridgehead atoms. The molecule has 0 aliphatic rings. The van der Waals surface area contributed by atoms with Gasteiger partial charge in [-0.1, -0.05) is 29.3 Å². The number of hydrazine groups is 1. The van der Waals surface area contributed by atoms with Crippen LogP contribution in [0.1, 0.15) is 30.1 Å². The van der Waals surface area contributed by atoms with Gasteiger partial charge < -0.3 is 9.47 Å². The van der Waals surface area contributed by atoms with Gasteiger partial charge in [0, 0.05) is 17.0 Å². The van der Waals surface area contributed by atoms with Crippen LogP contribution in [0.5, 0.6) is 11.5 Å². The summed E-state index contributed by atoms with van der Waals surface area (Å²) in [5.74, 6) is 0.350. The van der Waals surface area contributed by atoms with Gasteiger partial charge in [-0.25, -0.2) is 0 Å². The fourth-order valence-electron chi connectivity index (χ4n) is 2.16. The summed E-state index contributed by atoms with van der Waals surface area (Å²) in [6.45, 7) is 2.67. The lowest BCUT2D eigenvalue weighted by atomic mass is 10.2. The Kier molecular flexibility index (Phi) is 8.23. The quantitative estimate of drug-likeness (QED) is 0.508. The van der Waals surface area contributed by atoms with Crippen molar-refractivity contribution in [2.45, 2.75) is 19.8 Å². The van der Waals surface area contributed by atoms with Gasteiger partial charge in [-0.05, 0) is 49.7 Å². The monoisotopic (exact) mass is 410 g/mol. The minimum atomic E-state index is -0.422. The van der Waals surface area contributed by atoms with E-state index < -0.39 is 5.91 Å². The molecule has 0 radical (unpaired) electrons. The molecule has 0 aliphatic heterocycles. The van der Waals surface area contributed by atoms with Crippen molar-refractivity contribution in [2.75, 3.05) is 13.2 Å². The Hall–Kier alpha value is -2.44. The van der Waals surface area contributed by atoms with E-state index in [1.165, 1.54) is 0 Å². The predicted molar refractivity (Wildman–Crippen MR) is 104 cm³/mol. The molecule has 144 valence electrons. The lowest BCUT2D eigenvalue weighted by Gasteiger charge is -2.10. The van der Waals surface area contributed by atoms with E-state index in [1.54, 1.807) is 42.5 Å². The van der Waals surface area contributed by atoms with Gasteiger partial charge in [-0.2, -0.15) is 0 Å². The van der Waals surface area contributed by atoms with E-state index in [-0.39, 0.29) is 12.3 Å². The normalized spacial score (nSPS) is 10.2. The second-order valence-corrected chi connectivity index (χ2v) is 6.33. The highest BCUT2D eigenvalue weighted by atomic mass is 35.5. The van der Waals surface area contributed by atoms with Crippen LogP contribution in [-0.2, 0) is 4.79 Å². The Morgan fingerprint density at radius 1 is 1.04 bits per heavy atom. The largest absolute Gasteiger partial charge is 0.494 e. The number of hydrogen-bond donors (Lipinski definition) is 2. The fourth-order valence-corrected chi connectivity index (χ4v) is 2.63. The van der Waals surface area contributed by atoms with Crippen molar-refractivity contribution in [2.24, 2.45) is 0 Å². The molecule has 6 nitrogen and oxygen atoms in total. The zero-order chi connectivity index (χ0) is 19.6. The van der Waals surface area contributed by atoms with Crippen LogP contribution in [0.15, 0.2) is 42.5 Å². The maximum atomic E-state index is 12.1. The van der Waals surface area contributed by atoms with Crippen molar-refractivity contribution in [1.29, 1.82) is 0 Å². The molecule has 0 saturated carbocycles. The first kappa shape index (κ1) is 20.9. The van der Waals surface area contributed by atoms with Crippen LogP contribution in [0.2, 0.25) is 10.0 Å². The molecule has 0 unspecified atom stereocenters. The third kappa shape index (κ3) is 7.00. The number of carbonyl (C=O) groups is 2. The van der Waals surface area contributed by atoms with Crippen molar-refractivity contribution < 1.29 is 19.1 Å². The summed E-state index contributed by atoms with van der Waals surface area (Å²) in [7, 11) is 0. The van der Waals surface area contributed by atoms with Crippen LogP contribution < -0.4 is 20.3 Å². The van der Waals surface area contributed by atoms with Crippen LogP contribution in [0.3, 0.4) is 0 Å². The van der Waals surface area contributed by atoms with Gasteiger partial charge in [0.2, 0.25) is 5.91 Å². The van der Waals surface area contributed by atoms with Gasteiger partial charge in [0.1, 0.15) is 11.5 Å². The van der Waals surface area contributed by atoms with Crippen molar-refractivity contribution in [3.8, 4) is 11.5 Å². The van der Waals surface area contributed by atoms with E-state index in [4.69, 9.17) is 32.7 Å². The predicted octanol–water partition coefficient (Wildman–Crippen LogP) is 4.01. The molecule has 2 amide bonds. The molecule has 0 fully saturated rings. The summed E-state index contributed by atoms with van der Waals surface area (Å²) >= 11 is 11.8. The number of carbonyl (C=O) groups excluding carboxylic acids is 2. The van der Waals surface area contributed by atoms with E-state index in [0.717, 1.165) is 0 Å². The lowest BCUT2D eigenvalue weighted by molar-refractivity contribution is -0.122. The SMILES string of the molecule is CCOc1cccc(C(=O)NNC(=O)CCCOc2ccc(Cl)cc2Cl)c1. The van der Waals surface area contributed by atoms with E-state index in [2.05, 4.69) is 10.9 Å². The van der Waals surface area contributed by atoms with Gasteiger partial charge in [0.05, 0.1) is 18.2 Å². The minimum Gasteiger partial charge on any atom is -0.494 e. The molecular formula is C19H20Cl2N2O4. The minimum absolute atomic E-state index is 0.185. The van der Waals surface area contributed by atoms with E-state index in [1.807, 2.05) is 6.92 Å². The topological polar surface area (TPSA) is 76.7 Å². The van der Waals surface area contributed by atoms with Crippen molar-refractivity contribution >= 4 is 35.0 Å². The van der Waals surface area contributed by atoms with Gasteiger partial charge in [-0.3, -0.25) is 20.4 Å². The number of nitrogens with one attached hydrogen (secondary N) is 2. The van der Waals surface area contributed by atoms with E-state index >= 15 is 0 Å². The maximum Gasteiger partial charge on any atom is 0.269 e. The number of benzene rings is 2. The van der Waals surface area contributed by atoms with Crippen molar-refractivity contribution in [3.63, 3.8) is 0 Å². The van der Waals surface area contributed by atoms with Gasteiger partial charge in [-0.15, -0.1) is 0 Å². The molecule has 2 aromatic carbocycles. The number of rotatable bonds is 8. The first-order chi connectivity index (χ1) is 13.0. The van der Waals surface area contributed by atoms with Gasteiger partial charge in [0.25, 0.3) is 5.91 Å². The second kappa shape index (κ2) is 10.6. The van der Waals surface area contributed by atoms with Crippen LogP contribution in [-0.4, -0.2) is 25.0 Å². The summed E-state index contributed by atoms with van der Waals surface area (Å²) in [6, 6.07) is 11.6. The molecule has 2 aromatic rings. The number of amides is 2. The standard InChI is InChI=1S/C19H20Cl2N2O4/c1-2-26-15-6-3-5-13(11-15)19(25)23-22-18(24)7-4-10-27-17-9-8-14(20)12-16(17)21/h3,5-6,8-9,11-12H,2,4,7,10H2,1H3,(H,22,24)(H,23,25). The van der Waals surface area contributed by atoms with Crippen molar-refractivity contribution in [3.05, 3.63) is 58.1 Å². The Balaban J connectivity index is 1.69. The van der Waals surface area contributed by atoms with E-state index in [0.29, 0.717) is 46.7 Å². The number of hydrogen-bond acceptors (Lipinski definition) is 4. The summed E-state index contributed by atoms with van der Waals surface area (Å²) < 4.78 is 10.8. The Bertz CT molecular complexity index is 799. The Labute approximate surface area is 167 Å². The highest BCUT2D eigenvalue weighted by Gasteiger charge is 2.09. The third-order valence-electron chi connectivity index (χ3n) is 3.42. The van der Waals surface area contributed by atoms with Crippen molar-refractivity contribution in [1.82, 2.24) is 10.9 Å². The molecule has 2 rings (SSSR count). The average Bonchev–Trinajstić information content (AvgIpc) is 2.65. The molecule has 0 spiro atoms. The summed E-state index contributed by atoms with van der Waals surface area (Å²) in [4.78, 5) is 23.9. The lowest BCUT2D eigenvalue weighted by Crippen LogP contribution is -2.41. The molecule has 0 aromatic heterocycles. The molecule has 0 aliphatic carbocycles. The van der Waals surface area contributed by atoms with Crippen LogP contribution in [0.4, 0.5) is 0 Å². The first-order valence-corrected chi connectivity index (χ1v) is 9.15. The van der Waals surface area contributed by atoms with Gasteiger partial charge in [0.15, 0.2) is 0 Å². The highest BCUT2D eigenvalue weighted by molar-refractivity contribution is 6.35. The second-order valence-electron chi connectivity index (χ2n) is 5.49. The first-order valence-electron chi connectivity index (χ1n) is 8.39. The molecule has 0 heterocycles. The molecule has 0 saturated heterocycles. The van der Waals surface area contributed by atoms with Crippen LogP contribution in [0.25, 0.3) is 0 Å². The smallest absolute Gasteiger partial charge is 0.269 e. The van der Waals surface area contributed by atoms with E-state index in [9.17, 15) is 9.59 Å². The Morgan fingerprint density at radius 2 is 1.85 bits per heavy atom.